The highest BCUT2D eigenvalue weighted by molar-refractivity contribution is 5.67. The number of aryl methyl sites for hydroxylation is 2. The van der Waals surface area contributed by atoms with Crippen molar-refractivity contribution in [2.24, 2.45) is 0 Å². The lowest BCUT2D eigenvalue weighted by Gasteiger charge is -1.91. The monoisotopic (exact) mass is 162 g/mol. The van der Waals surface area contributed by atoms with Crippen molar-refractivity contribution in [1.82, 2.24) is 9.97 Å². The van der Waals surface area contributed by atoms with E-state index in [1.807, 2.05) is 19.1 Å². The molecule has 2 heterocycles. The molecule has 0 aliphatic heterocycles. The van der Waals surface area contributed by atoms with Crippen LogP contribution in [0.3, 0.4) is 0 Å². The average molecular weight is 162 g/mol. The molecule has 0 aliphatic rings. The van der Waals surface area contributed by atoms with E-state index >= 15 is 0 Å². The molecular weight excluding hydrogens is 152 g/mol. The summed E-state index contributed by atoms with van der Waals surface area (Å²) in [7, 11) is 0. The summed E-state index contributed by atoms with van der Waals surface area (Å²) in [5, 5.41) is 0. The quantitative estimate of drug-likeness (QED) is 0.644. The number of pyridine rings is 1. The first-order valence-corrected chi connectivity index (χ1v) is 4.02. The van der Waals surface area contributed by atoms with Crippen molar-refractivity contribution in [1.29, 1.82) is 0 Å². The maximum absolute atomic E-state index is 5.29. The Morgan fingerprint density at radius 1 is 1.33 bits per heavy atom. The zero-order chi connectivity index (χ0) is 8.55. The molecule has 2 rings (SSSR count). The first-order valence-electron chi connectivity index (χ1n) is 4.02. The Balaban J connectivity index is 2.66. The van der Waals surface area contributed by atoms with Crippen molar-refractivity contribution in [3.63, 3.8) is 0 Å². The predicted molar refractivity (Wildman–Crippen MR) is 45.9 cm³/mol. The molecule has 2 aromatic rings. The van der Waals surface area contributed by atoms with Crippen molar-refractivity contribution >= 4 is 11.2 Å². The van der Waals surface area contributed by atoms with Gasteiger partial charge in [-0.2, -0.15) is 0 Å². The number of hydrogen-bond donors (Lipinski definition) is 0. The SMILES string of the molecule is CCc1ccc2nc(C)oc2n1. The molecule has 3 heteroatoms. The Morgan fingerprint density at radius 2 is 2.17 bits per heavy atom. The van der Waals surface area contributed by atoms with E-state index in [1.165, 1.54) is 0 Å². The lowest BCUT2D eigenvalue weighted by molar-refractivity contribution is 0.550. The van der Waals surface area contributed by atoms with Crippen molar-refractivity contribution in [3.8, 4) is 0 Å². The fourth-order valence-electron chi connectivity index (χ4n) is 1.16. The van der Waals surface area contributed by atoms with Crippen molar-refractivity contribution in [2.45, 2.75) is 20.3 Å². The van der Waals surface area contributed by atoms with E-state index in [0.717, 1.165) is 17.6 Å². The second-order valence-corrected chi connectivity index (χ2v) is 2.71. The first-order chi connectivity index (χ1) is 5.79. The van der Waals surface area contributed by atoms with Crippen molar-refractivity contribution in [2.75, 3.05) is 0 Å². The van der Waals surface area contributed by atoms with E-state index in [1.54, 1.807) is 0 Å². The van der Waals surface area contributed by atoms with Crippen LogP contribution in [0.2, 0.25) is 0 Å². The zero-order valence-corrected chi connectivity index (χ0v) is 7.16. The van der Waals surface area contributed by atoms with Gasteiger partial charge in [0.05, 0.1) is 0 Å². The van der Waals surface area contributed by atoms with Gasteiger partial charge in [0.2, 0.25) is 5.71 Å². The highest BCUT2D eigenvalue weighted by Gasteiger charge is 2.02. The largest absolute Gasteiger partial charge is 0.423 e. The molecule has 0 amide bonds. The van der Waals surface area contributed by atoms with Crippen LogP contribution in [-0.4, -0.2) is 9.97 Å². The molecule has 2 aromatic heterocycles. The maximum Gasteiger partial charge on any atom is 0.247 e. The van der Waals surface area contributed by atoms with Gasteiger partial charge in [-0.05, 0) is 18.6 Å². The van der Waals surface area contributed by atoms with Crippen LogP contribution in [0.15, 0.2) is 16.5 Å². The minimum atomic E-state index is 0.645. The van der Waals surface area contributed by atoms with E-state index in [9.17, 15) is 0 Å². The lowest BCUT2D eigenvalue weighted by Crippen LogP contribution is -1.84. The molecule has 0 fully saturated rings. The number of oxazole rings is 1. The summed E-state index contributed by atoms with van der Waals surface area (Å²) in [4.78, 5) is 8.44. The highest BCUT2D eigenvalue weighted by Crippen LogP contribution is 2.12. The summed E-state index contributed by atoms with van der Waals surface area (Å²) in [6.07, 6.45) is 0.926. The van der Waals surface area contributed by atoms with Gasteiger partial charge in [0.15, 0.2) is 5.89 Å². The predicted octanol–water partition coefficient (Wildman–Crippen LogP) is 2.09. The van der Waals surface area contributed by atoms with E-state index in [0.29, 0.717) is 11.6 Å². The van der Waals surface area contributed by atoms with Crippen LogP contribution in [0.4, 0.5) is 0 Å². The second-order valence-electron chi connectivity index (χ2n) is 2.71. The molecule has 3 nitrogen and oxygen atoms in total. The molecule has 0 radical (unpaired) electrons. The summed E-state index contributed by atoms with van der Waals surface area (Å²) < 4.78 is 5.29. The van der Waals surface area contributed by atoms with Crippen LogP contribution >= 0.6 is 0 Å². The van der Waals surface area contributed by atoms with Crippen LogP contribution in [0.1, 0.15) is 18.5 Å². The van der Waals surface area contributed by atoms with Crippen molar-refractivity contribution in [3.05, 3.63) is 23.7 Å². The molecule has 0 aromatic carbocycles. The van der Waals surface area contributed by atoms with Gasteiger partial charge < -0.3 is 4.42 Å². The summed E-state index contributed by atoms with van der Waals surface area (Å²) >= 11 is 0. The molecule has 0 saturated carbocycles. The zero-order valence-electron chi connectivity index (χ0n) is 7.16. The van der Waals surface area contributed by atoms with Gasteiger partial charge in [0.1, 0.15) is 5.52 Å². The van der Waals surface area contributed by atoms with Crippen LogP contribution in [0.25, 0.3) is 11.2 Å². The Bertz CT molecular complexity index is 406. The molecule has 62 valence electrons. The smallest absolute Gasteiger partial charge is 0.247 e. The molecule has 0 atom stereocenters. The summed E-state index contributed by atoms with van der Waals surface area (Å²) in [5.74, 6) is 0.672. The number of rotatable bonds is 1. The second kappa shape index (κ2) is 2.59. The number of hydrogen-bond acceptors (Lipinski definition) is 3. The third-order valence-electron chi connectivity index (χ3n) is 1.78. The lowest BCUT2D eigenvalue weighted by atomic mass is 10.3. The summed E-state index contributed by atoms with van der Waals surface area (Å²) in [6, 6.07) is 3.92. The van der Waals surface area contributed by atoms with Gasteiger partial charge in [-0.1, -0.05) is 6.92 Å². The Labute approximate surface area is 70.4 Å². The number of fused-ring (bicyclic) bond motifs is 1. The van der Waals surface area contributed by atoms with Gasteiger partial charge in [-0.25, -0.2) is 9.97 Å². The molecular formula is C9H10N2O. The fourth-order valence-corrected chi connectivity index (χ4v) is 1.16. The molecule has 0 aliphatic carbocycles. The van der Waals surface area contributed by atoms with Crippen LogP contribution in [-0.2, 0) is 6.42 Å². The van der Waals surface area contributed by atoms with E-state index in [2.05, 4.69) is 16.9 Å². The normalized spacial score (nSPS) is 10.8. The van der Waals surface area contributed by atoms with Crippen LogP contribution < -0.4 is 0 Å². The van der Waals surface area contributed by atoms with Crippen LogP contribution in [0.5, 0.6) is 0 Å². The van der Waals surface area contributed by atoms with Gasteiger partial charge in [-0.15, -0.1) is 0 Å². The molecule has 0 spiro atoms. The molecule has 12 heavy (non-hydrogen) atoms. The third-order valence-corrected chi connectivity index (χ3v) is 1.78. The minimum Gasteiger partial charge on any atom is -0.423 e. The average Bonchev–Trinajstić information content (AvgIpc) is 2.43. The molecule has 0 unspecified atom stereocenters. The van der Waals surface area contributed by atoms with E-state index < -0.39 is 0 Å². The minimum absolute atomic E-state index is 0.645. The standard InChI is InChI=1S/C9H10N2O/c1-3-7-4-5-8-9(11-7)12-6(2)10-8/h4-5H,3H2,1-2H3. The maximum atomic E-state index is 5.29. The van der Waals surface area contributed by atoms with E-state index in [-0.39, 0.29) is 0 Å². The topological polar surface area (TPSA) is 38.9 Å². The number of nitrogens with zero attached hydrogens (tertiary/aromatic N) is 2. The molecule has 0 saturated heterocycles. The van der Waals surface area contributed by atoms with Crippen LogP contribution in [0, 0.1) is 6.92 Å². The van der Waals surface area contributed by atoms with E-state index in [4.69, 9.17) is 4.42 Å². The summed E-state index contributed by atoms with van der Waals surface area (Å²) in [6.45, 7) is 3.89. The summed E-state index contributed by atoms with van der Waals surface area (Å²) in [5.41, 5.74) is 2.52. The molecule has 0 N–H and O–H groups in total. The van der Waals surface area contributed by atoms with Gasteiger partial charge in [0, 0.05) is 12.6 Å². The van der Waals surface area contributed by atoms with Crippen molar-refractivity contribution < 1.29 is 4.42 Å². The fraction of sp³-hybridized carbons (Fsp3) is 0.333. The van der Waals surface area contributed by atoms with Gasteiger partial charge in [0.25, 0.3) is 0 Å². The highest BCUT2D eigenvalue weighted by atomic mass is 16.4. The Morgan fingerprint density at radius 3 is 2.92 bits per heavy atom. The van der Waals surface area contributed by atoms with Gasteiger partial charge >= 0.3 is 0 Å². The first kappa shape index (κ1) is 7.28. The third kappa shape index (κ3) is 1.07. The Hall–Kier alpha value is -1.38. The van der Waals surface area contributed by atoms with Gasteiger partial charge in [-0.3, -0.25) is 0 Å². The molecule has 0 bridgehead atoms. The Kier molecular flexibility index (Phi) is 1.57. The number of aromatic nitrogens is 2.